The highest BCUT2D eigenvalue weighted by molar-refractivity contribution is 6.23. The Hall–Kier alpha value is -3.28. The highest BCUT2D eigenvalue weighted by Crippen LogP contribution is 2.34. The number of nitrogens with zero attached hydrogens (tertiary/aromatic N) is 1. The van der Waals surface area contributed by atoms with E-state index in [1.54, 1.807) is 48.5 Å². The minimum Gasteiger partial charge on any atom is -0.295 e. The van der Waals surface area contributed by atoms with Gasteiger partial charge in [0.1, 0.15) is 6.04 Å². The van der Waals surface area contributed by atoms with Crippen molar-refractivity contribution in [3.05, 3.63) is 71.3 Å². The number of hydrogen-bond acceptors (Lipinski definition) is 4. The van der Waals surface area contributed by atoms with Crippen molar-refractivity contribution in [2.75, 3.05) is 0 Å². The van der Waals surface area contributed by atoms with Gasteiger partial charge in [-0.1, -0.05) is 42.5 Å². The first kappa shape index (κ1) is 15.3. The molecule has 2 atom stereocenters. The molecule has 25 heavy (non-hydrogen) atoms. The number of nitrogens with one attached hydrogen (secondary N) is 1. The predicted octanol–water partition coefficient (Wildman–Crippen LogP) is 1.48. The van der Waals surface area contributed by atoms with Crippen LogP contribution < -0.4 is 5.32 Å². The zero-order chi connectivity index (χ0) is 17.6. The van der Waals surface area contributed by atoms with Crippen molar-refractivity contribution in [3.8, 4) is 0 Å². The van der Waals surface area contributed by atoms with Crippen LogP contribution in [0.1, 0.15) is 38.6 Å². The number of benzene rings is 2. The summed E-state index contributed by atoms with van der Waals surface area (Å²) in [6.45, 7) is 0. The van der Waals surface area contributed by atoms with E-state index in [0.29, 0.717) is 0 Å². The largest absolute Gasteiger partial charge is 0.295 e. The average Bonchev–Trinajstić information content (AvgIpc) is 2.87. The highest BCUT2D eigenvalue weighted by atomic mass is 16.2. The fourth-order valence-electron chi connectivity index (χ4n) is 3.51. The van der Waals surface area contributed by atoms with Crippen LogP contribution in [0.15, 0.2) is 54.6 Å². The van der Waals surface area contributed by atoms with Gasteiger partial charge in [-0.2, -0.15) is 0 Å². The molecular weight excluding hydrogens is 320 g/mol. The first-order valence-electron chi connectivity index (χ1n) is 7.93. The molecule has 124 valence electrons. The third-order valence-corrected chi connectivity index (χ3v) is 4.65. The van der Waals surface area contributed by atoms with Crippen molar-refractivity contribution in [2.45, 2.75) is 18.4 Å². The van der Waals surface area contributed by atoms with Gasteiger partial charge in [-0.3, -0.25) is 29.4 Å². The highest BCUT2D eigenvalue weighted by Gasteiger charge is 2.49. The topological polar surface area (TPSA) is 83.6 Å². The molecule has 2 aliphatic rings. The van der Waals surface area contributed by atoms with Gasteiger partial charge in [0.25, 0.3) is 17.7 Å². The van der Waals surface area contributed by atoms with Crippen molar-refractivity contribution >= 4 is 23.6 Å². The van der Waals surface area contributed by atoms with Crippen LogP contribution in [0, 0.1) is 0 Å². The molecule has 1 fully saturated rings. The summed E-state index contributed by atoms with van der Waals surface area (Å²) in [5, 5.41) is 2.25. The summed E-state index contributed by atoms with van der Waals surface area (Å²) >= 11 is 0. The van der Waals surface area contributed by atoms with E-state index in [2.05, 4.69) is 5.32 Å². The number of imide groups is 2. The Bertz CT molecular complexity index is 872. The van der Waals surface area contributed by atoms with Gasteiger partial charge in [0.05, 0.1) is 11.1 Å². The van der Waals surface area contributed by atoms with Crippen LogP contribution in [0.5, 0.6) is 0 Å². The van der Waals surface area contributed by atoms with E-state index in [9.17, 15) is 19.2 Å². The second-order valence-corrected chi connectivity index (χ2v) is 6.10. The number of carbonyl (C=O) groups excluding carboxylic acids is 4. The average molecular weight is 334 g/mol. The maximum atomic E-state index is 12.8. The second-order valence-electron chi connectivity index (χ2n) is 6.10. The molecule has 2 aliphatic heterocycles. The lowest BCUT2D eigenvalue weighted by molar-refractivity contribution is -0.137. The molecular formula is C19H14N2O4. The van der Waals surface area contributed by atoms with Crippen molar-refractivity contribution < 1.29 is 19.2 Å². The predicted molar refractivity (Wildman–Crippen MR) is 87.7 cm³/mol. The van der Waals surface area contributed by atoms with E-state index in [1.165, 1.54) is 0 Å². The maximum absolute atomic E-state index is 12.8. The third kappa shape index (κ3) is 2.34. The van der Waals surface area contributed by atoms with Gasteiger partial charge < -0.3 is 0 Å². The first-order valence-corrected chi connectivity index (χ1v) is 7.93. The lowest BCUT2D eigenvalue weighted by atomic mass is 9.84. The molecule has 0 unspecified atom stereocenters. The van der Waals surface area contributed by atoms with Crippen LogP contribution in [-0.2, 0) is 9.59 Å². The summed E-state index contributed by atoms with van der Waals surface area (Å²) in [5.41, 5.74) is 1.31. The summed E-state index contributed by atoms with van der Waals surface area (Å²) in [4.78, 5) is 50.9. The number of fused-ring (bicyclic) bond motifs is 1. The molecule has 0 radical (unpaired) electrons. The number of carbonyl (C=O) groups is 4. The van der Waals surface area contributed by atoms with Crippen molar-refractivity contribution in [2.24, 2.45) is 0 Å². The first-order chi connectivity index (χ1) is 12.1. The van der Waals surface area contributed by atoms with Gasteiger partial charge in [-0.25, -0.2) is 0 Å². The van der Waals surface area contributed by atoms with Gasteiger partial charge in [-0.05, 0) is 17.7 Å². The Labute approximate surface area is 143 Å². The SMILES string of the molecule is O=C1C[C@H](c2ccccc2)[C@@H](N2C(=O)c3ccccc3C2=O)C(=O)N1. The van der Waals surface area contributed by atoms with Crippen molar-refractivity contribution in [3.63, 3.8) is 0 Å². The second kappa shape index (κ2) is 5.66. The van der Waals surface area contributed by atoms with Gasteiger partial charge in [-0.15, -0.1) is 0 Å². The molecule has 1 N–H and O–H groups in total. The van der Waals surface area contributed by atoms with Gasteiger partial charge in [0.15, 0.2) is 0 Å². The molecule has 1 saturated heterocycles. The molecule has 0 bridgehead atoms. The minimum absolute atomic E-state index is 0.0355. The molecule has 0 aliphatic carbocycles. The van der Waals surface area contributed by atoms with E-state index < -0.39 is 35.6 Å². The molecule has 6 heteroatoms. The van der Waals surface area contributed by atoms with E-state index in [0.717, 1.165) is 10.5 Å². The minimum atomic E-state index is -1.05. The smallest absolute Gasteiger partial charge is 0.262 e. The van der Waals surface area contributed by atoms with E-state index in [1.807, 2.05) is 6.07 Å². The summed E-state index contributed by atoms with van der Waals surface area (Å²) in [6.07, 6.45) is 0.0355. The Morgan fingerprint density at radius 3 is 1.96 bits per heavy atom. The molecule has 2 aromatic carbocycles. The van der Waals surface area contributed by atoms with E-state index in [-0.39, 0.29) is 17.5 Å². The molecule has 2 heterocycles. The summed E-state index contributed by atoms with van der Waals surface area (Å²) in [5.74, 6) is -2.61. The zero-order valence-electron chi connectivity index (χ0n) is 13.1. The van der Waals surface area contributed by atoms with Crippen LogP contribution in [0.3, 0.4) is 0 Å². The van der Waals surface area contributed by atoms with Gasteiger partial charge in [0.2, 0.25) is 5.91 Å². The quantitative estimate of drug-likeness (QED) is 0.843. The Morgan fingerprint density at radius 1 is 0.800 bits per heavy atom. The monoisotopic (exact) mass is 334 g/mol. The molecule has 0 spiro atoms. The third-order valence-electron chi connectivity index (χ3n) is 4.65. The van der Waals surface area contributed by atoms with Crippen molar-refractivity contribution in [1.82, 2.24) is 10.2 Å². The maximum Gasteiger partial charge on any atom is 0.262 e. The summed E-state index contributed by atoms with van der Waals surface area (Å²) < 4.78 is 0. The summed E-state index contributed by atoms with van der Waals surface area (Å²) in [6, 6.07) is 14.4. The lowest BCUT2D eigenvalue weighted by Crippen LogP contribution is -2.57. The Morgan fingerprint density at radius 2 is 1.36 bits per heavy atom. The Kier molecular flexibility index (Phi) is 3.46. The Balaban J connectivity index is 1.79. The fourth-order valence-corrected chi connectivity index (χ4v) is 3.51. The van der Waals surface area contributed by atoms with Crippen LogP contribution in [0.25, 0.3) is 0 Å². The molecule has 2 aromatic rings. The molecule has 0 aromatic heterocycles. The van der Waals surface area contributed by atoms with Crippen LogP contribution >= 0.6 is 0 Å². The number of hydrogen-bond donors (Lipinski definition) is 1. The van der Waals surface area contributed by atoms with Crippen molar-refractivity contribution in [1.29, 1.82) is 0 Å². The number of rotatable bonds is 2. The van der Waals surface area contributed by atoms with E-state index in [4.69, 9.17) is 0 Å². The number of amides is 4. The fraction of sp³-hybridized carbons (Fsp3) is 0.158. The standard InChI is InChI=1S/C19H14N2O4/c22-15-10-14(11-6-2-1-3-7-11)16(17(23)20-15)21-18(24)12-8-4-5-9-13(12)19(21)25/h1-9,14,16H,10H2,(H,20,22,23)/t14-,16-/m1/s1. The lowest BCUT2D eigenvalue weighted by Gasteiger charge is -2.35. The normalized spacial score (nSPS) is 22.8. The van der Waals surface area contributed by atoms with Crippen LogP contribution in [0.2, 0.25) is 0 Å². The molecule has 4 amide bonds. The van der Waals surface area contributed by atoms with Crippen LogP contribution in [-0.4, -0.2) is 34.6 Å². The van der Waals surface area contributed by atoms with Crippen LogP contribution in [0.4, 0.5) is 0 Å². The zero-order valence-corrected chi connectivity index (χ0v) is 13.1. The molecule has 0 saturated carbocycles. The van der Waals surface area contributed by atoms with E-state index >= 15 is 0 Å². The van der Waals surface area contributed by atoms with Gasteiger partial charge >= 0.3 is 0 Å². The molecule has 6 nitrogen and oxygen atoms in total. The summed E-state index contributed by atoms with van der Waals surface area (Å²) in [7, 11) is 0. The van der Waals surface area contributed by atoms with Gasteiger partial charge in [0, 0.05) is 12.3 Å². The number of piperidine rings is 1. The molecule has 4 rings (SSSR count).